The van der Waals surface area contributed by atoms with E-state index in [0.717, 1.165) is 26.3 Å². The highest BCUT2D eigenvalue weighted by molar-refractivity contribution is 5.87. The molecule has 5 nitrogen and oxygen atoms in total. The second-order valence-electron chi connectivity index (χ2n) is 5.53. The Bertz CT molecular complexity index is 473. The highest BCUT2D eigenvalue weighted by Crippen LogP contribution is 2.19. The van der Waals surface area contributed by atoms with E-state index in [9.17, 15) is 4.79 Å². The molecule has 1 aromatic rings. The monoisotopic (exact) mass is 279 g/mol. The van der Waals surface area contributed by atoms with E-state index in [-0.39, 0.29) is 11.1 Å². The fraction of sp³-hybridized carbons (Fsp3) is 0.533. The van der Waals surface area contributed by atoms with Crippen LogP contribution >= 0.6 is 0 Å². The maximum absolute atomic E-state index is 10.9. The predicted octanol–water partition coefficient (Wildman–Crippen LogP) is 1.87. The van der Waals surface area contributed by atoms with Crippen LogP contribution in [0.15, 0.2) is 24.3 Å². The molecule has 1 aliphatic rings. The van der Waals surface area contributed by atoms with Crippen LogP contribution in [0.5, 0.6) is 5.75 Å². The molecule has 0 spiro atoms. The third kappa shape index (κ3) is 3.71. The van der Waals surface area contributed by atoms with Crippen molar-refractivity contribution in [1.29, 1.82) is 0 Å². The first-order chi connectivity index (χ1) is 9.49. The Morgan fingerprint density at radius 2 is 2.30 bits per heavy atom. The van der Waals surface area contributed by atoms with Gasteiger partial charge in [-0.1, -0.05) is 6.07 Å². The van der Waals surface area contributed by atoms with Crippen LogP contribution in [0.1, 0.15) is 24.2 Å². The molecule has 1 aromatic carbocycles. The van der Waals surface area contributed by atoms with Crippen molar-refractivity contribution in [3.63, 3.8) is 0 Å². The van der Waals surface area contributed by atoms with E-state index in [1.807, 2.05) is 0 Å². The van der Waals surface area contributed by atoms with E-state index in [4.69, 9.17) is 14.6 Å². The number of carboxylic acid groups (broad SMARTS) is 1. The van der Waals surface area contributed by atoms with Gasteiger partial charge in [0.2, 0.25) is 0 Å². The van der Waals surface area contributed by atoms with E-state index in [2.05, 4.69) is 18.7 Å². The van der Waals surface area contributed by atoms with Gasteiger partial charge in [-0.3, -0.25) is 4.90 Å². The molecule has 0 saturated carbocycles. The zero-order valence-corrected chi connectivity index (χ0v) is 12.0. The second kappa shape index (κ2) is 6.24. The van der Waals surface area contributed by atoms with Crippen LogP contribution < -0.4 is 4.74 Å². The lowest BCUT2D eigenvalue weighted by atomic mass is 10.0. The fourth-order valence-electron chi connectivity index (χ4n) is 2.30. The van der Waals surface area contributed by atoms with Gasteiger partial charge >= 0.3 is 5.97 Å². The number of ether oxygens (including phenoxy) is 2. The maximum atomic E-state index is 10.9. The number of carboxylic acids is 1. The van der Waals surface area contributed by atoms with Gasteiger partial charge < -0.3 is 14.6 Å². The predicted molar refractivity (Wildman–Crippen MR) is 75.4 cm³/mol. The SMILES string of the molecule is CC1(C)COCCN1CCOc1cccc(C(=O)O)c1. The molecule has 5 heteroatoms. The molecule has 0 atom stereocenters. The minimum Gasteiger partial charge on any atom is -0.492 e. The van der Waals surface area contributed by atoms with Gasteiger partial charge in [0.25, 0.3) is 0 Å². The van der Waals surface area contributed by atoms with Crippen LogP contribution in [0.3, 0.4) is 0 Å². The summed E-state index contributed by atoms with van der Waals surface area (Å²) in [4.78, 5) is 13.2. The first-order valence-electron chi connectivity index (χ1n) is 6.78. The number of rotatable bonds is 5. The van der Waals surface area contributed by atoms with Gasteiger partial charge in [-0.2, -0.15) is 0 Å². The summed E-state index contributed by atoms with van der Waals surface area (Å²) in [5.41, 5.74) is 0.263. The number of carbonyl (C=O) groups is 1. The molecule has 20 heavy (non-hydrogen) atoms. The summed E-state index contributed by atoms with van der Waals surface area (Å²) in [6, 6.07) is 6.57. The summed E-state index contributed by atoms with van der Waals surface area (Å²) in [7, 11) is 0. The van der Waals surface area contributed by atoms with E-state index < -0.39 is 5.97 Å². The van der Waals surface area contributed by atoms with Crippen LogP contribution in [-0.2, 0) is 4.74 Å². The van der Waals surface area contributed by atoms with Gasteiger partial charge in [0.15, 0.2) is 0 Å². The Morgan fingerprint density at radius 1 is 1.50 bits per heavy atom. The Hall–Kier alpha value is -1.59. The smallest absolute Gasteiger partial charge is 0.335 e. The lowest BCUT2D eigenvalue weighted by Gasteiger charge is -2.41. The Labute approximate surface area is 119 Å². The molecule has 1 aliphatic heterocycles. The van der Waals surface area contributed by atoms with Gasteiger partial charge in [-0.25, -0.2) is 4.79 Å². The standard InChI is InChI=1S/C15H21NO4/c1-15(2)11-19-8-6-16(15)7-9-20-13-5-3-4-12(10-13)14(17)18/h3-5,10H,6-9,11H2,1-2H3,(H,17,18). The summed E-state index contributed by atoms with van der Waals surface area (Å²) in [6.07, 6.45) is 0. The van der Waals surface area contributed by atoms with Crippen molar-refractivity contribution < 1.29 is 19.4 Å². The molecule has 0 bridgehead atoms. The molecular formula is C15H21NO4. The largest absolute Gasteiger partial charge is 0.492 e. The van der Waals surface area contributed by atoms with Crippen LogP contribution in [0, 0.1) is 0 Å². The van der Waals surface area contributed by atoms with Crippen LogP contribution in [0.2, 0.25) is 0 Å². The zero-order valence-electron chi connectivity index (χ0n) is 12.0. The third-order valence-corrected chi connectivity index (χ3v) is 3.53. The number of nitrogens with zero attached hydrogens (tertiary/aromatic N) is 1. The summed E-state index contributed by atoms with van der Waals surface area (Å²) in [6.45, 7) is 8.00. The molecule has 110 valence electrons. The van der Waals surface area contributed by atoms with Gasteiger partial charge in [0.1, 0.15) is 12.4 Å². The average molecular weight is 279 g/mol. The van der Waals surface area contributed by atoms with Crippen LogP contribution in [-0.4, -0.2) is 54.4 Å². The van der Waals surface area contributed by atoms with Crippen LogP contribution in [0.4, 0.5) is 0 Å². The molecule has 2 rings (SSSR count). The first kappa shape index (κ1) is 14.8. The zero-order chi connectivity index (χ0) is 14.6. The minimum absolute atomic E-state index is 0.0184. The normalized spacial score (nSPS) is 18.7. The summed E-state index contributed by atoms with van der Waals surface area (Å²) in [5.74, 6) is -0.347. The number of hydrogen-bond donors (Lipinski definition) is 1. The van der Waals surface area contributed by atoms with Crippen molar-refractivity contribution in [2.45, 2.75) is 19.4 Å². The van der Waals surface area contributed by atoms with Crippen LogP contribution in [0.25, 0.3) is 0 Å². The van der Waals surface area contributed by atoms with Gasteiger partial charge in [0.05, 0.1) is 18.8 Å². The quantitative estimate of drug-likeness (QED) is 0.891. The highest BCUT2D eigenvalue weighted by Gasteiger charge is 2.29. The molecule has 1 fully saturated rings. The van der Waals surface area contributed by atoms with Gasteiger partial charge in [-0.05, 0) is 32.0 Å². The number of morpholine rings is 1. The first-order valence-corrected chi connectivity index (χ1v) is 6.78. The van der Waals surface area contributed by atoms with Gasteiger partial charge in [0, 0.05) is 18.6 Å². The lowest BCUT2D eigenvalue weighted by Crippen LogP contribution is -2.54. The number of hydrogen-bond acceptors (Lipinski definition) is 4. The van der Waals surface area contributed by atoms with Crippen molar-refractivity contribution in [3.05, 3.63) is 29.8 Å². The van der Waals surface area contributed by atoms with E-state index >= 15 is 0 Å². The molecule has 0 amide bonds. The molecule has 0 aliphatic carbocycles. The molecular weight excluding hydrogens is 258 g/mol. The molecule has 1 heterocycles. The Morgan fingerprint density at radius 3 is 3.00 bits per heavy atom. The van der Waals surface area contributed by atoms with Gasteiger partial charge in [-0.15, -0.1) is 0 Å². The number of aromatic carboxylic acids is 1. The summed E-state index contributed by atoms with van der Waals surface area (Å²) >= 11 is 0. The maximum Gasteiger partial charge on any atom is 0.335 e. The molecule has 1 N–H and O–H groups in total. The molecule has 1 saturated heterocycles. The second-order valence-corrected chi connectivity index (χ2v) is 5.53. The average Bonchev–Trinajstić information content (AvgIpc) is 2.41. The number of benzene rings is 1. The third-order valence-electron chi connectivity index (χ3n) is 3.53. The van der Waals surface area contributed by atoms with Crippen molar-refractivity contribution in [1.82, 2.24) is 4.90 Å². The molecule has 0 unspecified atom stereocenters. The Balaban J connectivity index is 1.86. The highest BCUT2D eigenvalue weighted by atomic mass is 16.5. The Kier molecular flexibility index (Phi) is 4.62. The van der Waals surface area contributed by atoms with Crippen molar-refractivity contribution in [2.24, 2.45) is 0 Å². The summed E-state index contributed by atoms with van der Waals surface area (Å²) < 4.78 is 11.1. The van der Waals surface area contributed by atoms with E-state index in [1.54, 1.807) is 24.3 Å². The van der Waals surface area contributed by atoms with Crippen molar-refractivity contribution in [2.75, 3.05) is 32.9 Å². The topological polar surface area (TPSA) is 59.0 Å². The summed E-state index contributed by atoms with van der Waals surface area (Å²) in [5, 5.41) is 8.93. The fourth-order valence-corrected chi connectivity index (χ4v) is 2.30. The lowest BCUT2D eigenvalue weighted by molar-refractivity contribution is -0.0547. The minimum atomic E-state index is -0.940. The van der Waals surface area contributed by atoms with E-state index in [0.29, 0.717) is 12.4 Å². The van der Waals surface area contributed by atoms with E-state index in [1.165, 1.54) is 0 Å². The molecule has 0 aromatic heterocycles. The molecule has 0 radical (unpaired) electrons. The van der Waals surface area contributed by atoms with Crippen molar-refractivity contribution >= 4 is 5.97 Å². The van der Waals surface area contributed by atoms with Crippen molar-refractivity contribution in [3.8, 4) is 5.75 Å².